The number of rotatable bonds is 18. The number of aliphatic hydroxyl groups excluding tert-OH is 1. The Kier molecular flexibility index (Phi) is 22.9. The van der Waals surface area contributed by atoms with E-state index in [9.17, 15) is 19.1 Å². The second-order valence-corrected chi connectivity index (χ2v) is 39.6. The topological polar surface area (TPSA) is 142 Å². The van der Waals surface area contributed by atoms with Gasteiger partial charge in [0.05, 0.1) is 53.8 Å². The van der Waals surface area contributed by atoms with Crippen LogP contribution in [0.4, 0.5) is 20.2 Å². The first-order chi connectivity index (χ1) is 35.8. The van der Waals surface area contributed by atoms with Crippen LogP contribution in [-0.2, 0) is 22.1 Å². The van der Waals surface area contributed by atoms with Crippen molar-refractivity contribution in [1.82, 2.24) is 15.5 Å². The van der Waals surface area contributed by atoms with Gasteiger partial charge in [0.15, 0.2) is 25.7 Å². The maximum atomic E-state index is 15.2. The van der Waals surface area contributed by atoms with Gasteiger partial charge >= 0.3 is 0 Å². The third kappa shape index (κ3) is 16.9. The molecule has 12 nitrogen and oxygen atoms in total. The van der Waals surface area contributed by atoms with Crippen molar-refractivity contribution in [3.63, 3.8) is 0 Å². The van der Waals surface area contributed by atoms with Crippen molar-refractivity contribution in [3.8, 4) is 23.0 Å². The molecule has 0 bridgehead atoms. The molecular weight excluding hydrogens is 1100 g/mol. The summed E-state index contributed by atoms with van der Waals surface area (Å²) >= 11 is 12.8. The van der Waals surface area contributed by atoms with E-state index < -0.39 is 60.3 Å². The molecule has 19 heteroatoms. The van der Waals surface area contributed by atoms with Crippen LogP contribution in [0, 0.1) is 44.5 Å². The average Bonchev–Trinajstić information content (AvgIpc) is 3.82. The summed E-state index contributed by atoms with van der Waals surface area (Å²) in [6.07, 6.45) is -0.553. The number of carbonyl (C=O) groups is 2. The minimum Gasteiger partial charge on any atom is -0.542 e. The number of Topliss-reactive ketones (excluding diaryl/α,β-unsaturated/α-hetero) is 1. The Morgan fingerprint density at radius 1 is 0.709 bits per heavy atom. The van der Waals surface area contributed by atoms with Gasteiger partial charge in [-0.25, -0.2) is 18.5 Å². The molecule has 1 heterocycles. The Morgan fingerprint density at radius 3 is 1.59 bits per heavy atom. The monoisotopic (exact) mass is 1180 g/mol. The number of benzene rings is 4. The summed E-state index contributed by atoms with van der Waals surface area (Å²) in [7, 11) is -6.60. The molecular formula is C60H83Cl2F2N5O7Si3. The molecule has 0 unspecified atom stereocenters. The quantitative estimate of drug-likeness (QED) is 0.0498. The van der Waals surface area contributed by atoms with Crippen molar-refractivity contribution in [1.29, 1.82) is 0 Å². The molecule has 79 heavy (non-hydrogen) atoms. The molecule has 0 aliphatic carbocycles. The van der Waals surface area contributed by atoms with Crippen LogP contribution in [-0.4, -0.2) is 70.7 Å². The van der Waals surface area contributed by atoms with Gasteiger partial charge in [0.25, 0.3) is 16.6 Å². The van der Waals surface area contributed by atoms with Crippen LogP contribution in [0.2, 0.25) is 64.4 Å². The van der Waals surface area contributed by atoms with Crippen LogP contribution in [0.3, 0.4) is 0 Å². The number of carbonyl (C=O) groups excluding carboxylic acids is 2. The van der Waals surface area contributed by atoms with Gasteiger partial charge in [0.2, 0.25) is 29.1 Å². The summed E-state index contributed by atoms with van der Waals surface area (Å²) in [4.78, 5) is 32.4. The molecule has 430 valence electrons. The lowest BCUT2D eigenvalue weighted by Crippen LogP contribution is -2.44. The zero-order chi connectivity index (χ0) is 59.3. The fraction of sp³-hybridized carbons (Fsp3) is 0.500. The zero-order valence-corrected chi connectivity index (χ0v) is 53.4. The molecule has 1 amide bonds. The first kappa shape index (κ1) is 68.0. The molecule has 0 aliphatic rings. The van der Waals surface area contributed by atoms with Crippen molar-refractivity contribution < 1.29 is 41.2 Å². The average molecular weight is 1180 g/mol. The molecule has 2 N–H and O–H groups in total. The second-order valence-electron chi connectivity index (χ2n) is 24.6. The van der Waals surface area contributed by atoms with Gasteiger partial charge in [-0.3, -0.25) is 9.59 Å². The summed E-state index contributed by atoms with van der Waals surface area (Å²) in [5, 5.41) is 22.1. The summed E-state index contributed by atoms with van der Waals surface area (Å²) in [5.41, 5.74) is 4.52. The predicted molar refractivity (Wildman–Crippen MR) is 324 cm³/mol. The molecule has 0 fully saturated rings. The van der Waals surface area contributed by atoms with E-state index in [0.717, 1.165) is 22.8 Å². The molecule has 0 aliphatic heterocycles. The molecule has 0 radical (unpaired) electrons. The second kappa shape index (κ2) is 26.6. The third-order valence-electron chi connectivity index (χ3n) is 15.8. The number of ketones is 1. The Morgan fingerprint density at radius 2 is 1.16 bits per heavy atom. The minimum atomic E-state index is -2.25. The highest BCUT2D eigenvalue weighted by atomic mass is 35.5. The van der Waals surface area contributed by atoms with E-state index in [1.165, 1.54) is 25.1 Å². The van der Waals surface area contributed by atoms with Crippen molar-refractivity contribution in [2.24, 2.45) is 5.92 Å². The lowest BCUT2D eigenvalue weighted by molar-refractivity contribution is -0.127. The maximum absolute atomic E-state index is 15.2. The number of aromatic nitrogens is 2. The highest BCUT2D eigenvalue weighted by molar-refractivity contribution is 6.75. The van der Waals surface area contributed by atoms with Gasteiger partial charge in [-0.15, -0.1) is 10.2 Å². The summed E-state index contributed by atoms with van der Waals surface area (Å²) in [6.45, 7) is 53.1. The molecule has 4 aromatic carbocycles. The van der Waals surface area contributed by atoms with E-state index in [1.807, 2.05) is 33.0 Å². The van der Waals surface area contributed by atoms with Crippen molar-refractivity contribution in [2.45, 2.75) is 183 Å². The molecule has 1 aromatic heterocycles. The smallest absolute Gasteiger partial charge is 0.250 e. The summed E-state index contributed by atoms with van der Waals surface area (Å²) in [6, 6.07) is 15.8. The van der Waals surface area contributed by atoms with Crippen LogP contribution in [0.15, 0.2) is 65.1 Å². The lowest BCUT2D eigenvalue weighted by Gasteiger charge is -2.40. The molecule has 0 saturated carbocycles. The van der Waals surface area contributed by atoms with E-state index in [0.29, 0.717) is 44.9 Å². The Bertz CT molecular complexity index is 3060. The van der Waals surface area contributed by atoms with Gasteiger partial charge in [0.1, 0.15) is 11.5 Å². The third-order valence-corrected chi connectivity index (χ3v) is 30.0. The minimum absolute atomic E-state index is 0. The van der Waals surface area contributed by atoms with Crippen LogP contribution in [0.5, 0.6) is 11.5 Å². The van der Waals surface area contributed by atoms with E-state index in [1.54, 1.807) is 37.3 Å². The maximum Gasteiger partial charge on any atom is 0.250 e. The fourth-order valence-corrected chi connectivity index (χ4v) is 11.3. The Labute approximate surface area is 482 Å². The Balaban J connectivity index is 0.000000415. The van der Waals surface area contributed by atoms with Crippen molar-refractivity contribution in [2.75, 3.05) is 6.54 Å². The first-order valence-electron chi connectivity index (χ1n) is 26.1. The van der Waals surface area contributed by atoms with Gasteiger partial charge in [-0.1, -0.05) is 117 Å². The van der Waals surface area contributed by atoms with Crippen LogP contribution >= 0.6 is 23.2 Å². The Hall–Kier alpha value is -5.25. The highest BCUT2D eigenvalue weighted by Crippen LogP contribution is 2.43. The van der Waals surface area contributed by atoms with Gasteiger partial charge in [0, 0.05) is 11.1 Å². The van der Waals surface area contributed by atoms with Gasteiger partial charge < -0.3 is 28.1 Å². The highest BCUT2D eigenvalue weighted by Gasteiger charge is 2.43. The van der Waals surface area contributed by atoms with E-state index in [4.69, 9.17) is 54.0 Å². The largest absolute Gasteiger partial charge is 0.542 e. The van der Waals surface area contributed by atoms with E-state index >= 15 is 4.39 Å². The van der Waals surface area contributed by atoms with E-state index in [-0.39, 0.29) is 70.5 Å². The molecule has 0 saturated heterocycles. The zero-order valence-electron chi connectivity index (χ0n) is 48.9. The number of hydrogen-bond acceptors (Lipinski definition) is 9. The van der Waals surface area contributed by atoms with Crippen molar-refractivity contribution in [3.05, 3.63) is 139 Å². The first-order valence-corrected chi connectivity index (χ1v) is 35.5. The van der Waals surface area contributed by atoms with Crippen LogP contribution in [0.1, 0.15) is 128 Å². The van der Waals surface area contributed by atoms with Crippen molar-refractivity contribution >= 4 is 71.2 Å². The molecule has 5 rings (SSSR count). The van der Waals surface area contributed by atoms with Crippen LogP contribution in [0.25, 0.3) is 21.1 Å². The molecule has 0 spiro atoms. The van der Waals surface area contributed by atoms with Gasteiger partial charge in [-0.05, 0) is 154 Å². The van der Waals surface area contributed by atoms with Crippen LogP contribution < -0.4 is 14.2 Å². The standard InChI is InChI=1S/C32H45ClFN3O3Si2.C27H34ClFN2O4Si.CH4/c1-20-22(14-16-26(35-9)28(20)33)18-24(21(2)39-41(10,11)31(3,4)5)30-37-36-29(38-30)23-15-17-27(25(34)19-23)40-42(12,13)32(6,7)8;1-16-18(9-11-22(30-6)25(16)28)13-20(17(2)32)26(34)31-15-23(33)19-10-12-24(21(29)14-19)35-36(7,8)27(3,4)5;/h14-17,19,21,24H,18H2,1-8,10-13H3;9-12,14,17,20,32H,13,15H2,1-5,7-8H3,(H,31,34);1H4/t21-,24+;17-,20+;/m00./s1. The summed E-state index contributed by atoms with van der Waals surface area (Å²) in [5.74, 6) is -2.24. The lowest BCUT2D eigenvalue weighted by atomic mass is 9.91. The fourth-order valence-electron chi connectivity index (χ4n) is 7.40. The molecule has 4 atom stereocenters. The number of hydrogen-bond donors (Lipinski definition) is 2. The van der Waals surface area contributed by atoms with E-state index in [2.05, 4.69) is 114 Å². The predicted octanol–water partition coefficient (Wildman–Crippen LogP) is 17.4. The number of aliphatic hydroxyl groups is 1. The number of amides is 1. The SMILES string of the molecule is C.[C-]#[N+]c1ccc(C[C@@H](C(=O)NCC(=O)c2ccc(O[Si](C)(C)C(C)(C)C)c(F)c2)[C@H](C)O)c(C)c1Cl.[C-]#[N+]c1ccc(C[C@@H](c2nnc(-c3ccc(O[Si](C)(C)C(C)(C)C)c(F)c3)o2)[C@H](C)O[Si](C)(C)C(C)(C)C)c(C)c1Cl. The summed E-state index contributed by atoms with van der Waals surface area (Å²) < 4.78 is 55.2. The number of nitrogens with one attached hydrogen (secondary N) is 1. The normalized spacial score (nSPS) is 13.8. The number of halogens is 4. The number of nitrogens with zero attached hydrogens (tertiary/aromatic N) is 4. The van der Waals surface area contributed by atoms with Gasteiger partial charge in [-0.2, -0.15) is 0 Å². The molecule has 5 aromatic rings.